The van der Waals surface area contributed by atoms with Crippen LogP contribution in [0, 0.1) is 0 Å². The summed E-state index contributed by atoms with van der Waals surface area (Å²) in [6.07, 6.45) is 0. The first-order valence-corrected chi connectivity index (χ1v) is 6.24. The molecule has 0 spiro atoms. The Morgan fingerprint density at radius 2 is 0.950 bits per heavy atom. The molecule has 0 bridgehead atoms. The van der Waals surface area contributed by atoms with Crippen molar-refractivity contribution >= 4 is 11.4 Å². The van der Waals surface area contributed by atoms with E-state index in [9.17, 15) is 10.2 Å². The van der Waals surface area contributed by atoms with Gasteiger partial charge < -0.3 is 10.2 Å². The fourth-order valence-electron chi connectivity index (χ4n) is 1.67. The second kappa shape index (κ2) is 6.02. The fourth-order valence-corrected chi connectivity index (χ4v) is 1.67. The van der Waals surface area contributed by atoms with E-state index in [-0.39, 0.29) is 11.5 Å². The maximum atomic E-state index is 9.24. The predicted octanol–water partition coefficient (Wildman–Crippen LogP) is 3.33. The van der Waals surface area contributed by atoms with Crippen LogP contribution in [0.25, 0.3) is 0 Å². The molecular formula is C16H16N2O2. The van der Waals surface area contributed by atoms with Gasteiger partial charge in [-0.25, -0.2) is 0 Å². The molecule has 0 atom stereocenters. The van der Waals surface area contributed by atoms with Crippen LogP contribution in [-0.2, 0) is 0 Å². The Labute approximate surface area is 117 Å². The number of benzene rings is 2. The van der Waals surface area contributed by atoms with Gasteiger partial charge in [-0.05, 0) is 73.5 Å². The first kappa shape index (κ1) is 13.8. The molecule has 0 aliphatic rings. The van der Waals surface area contributed by atoms with Crippen molar-refractivity contribution in [2.45, 2.75) is 13.8 Å². The molecule has 102 valence electrons. The highest BCUT2D eigenvalue weighted by atomic mass is 16.3. The third-order valence-corrected chi connectivity index (χ3v) is 2.92. The molecule has 0 amide bonds. The van der Waals surface area contributed by atoms with Crippen LogP contribution in [0.3, 0.4) is 0 Å². The Balaban J connectivity index is 2.19. The molecule has 0 saturated carbocycles. The summed E-state index contributed by atoms with van der Waals surface area (Å²) >= 11 is 0. The van der Waals surface area contributed by atoms with Gasteiger partial charge in [-0.3, -0.25) is 0 Å². The zero-order chi connectivity index (χ0) is 14.5. The van der Waals surface area contributed by atoms with Crippen LogP contribution in [0.4, 0.5) is 0 Å². The summed E-state index contributed by atoms with van der Waals surface area (Å²) in [5.41, 5.74) is 3.35. The molecule has 2 N–H and O–H groups in total. The van der Waals surface area contributed by atoms with Crippen LogP contribution < -0.4 is 0 Å². The summed E-state index contributed by atoms with van der Waals surface area (Å²) in [7, 11) is 0. The van der Waals surface area contributed by atoms with Crippen LogP contribution in [-0.4, -0.2) is 21.6 Å². The van der Waals surface area contributed by atoms with E-state index in [0.29, 0.717) is 0 Å². The summed E-state index contributed by atoms with van der Waals surface area (Å²) < 4.78 is 0. The third kappa shape index (κ3) is 3.45. The number of phenols is 2. The molecule has 0 radical (unpaired) electrons. The number of nitrogens with zero attached hydrogens (tertiary/aromatic N) is 2. The largest absolute Gasteiger partial charge is 0.508 e. The van der Waals surface area contributed by atoms with Gasteiger partial charge in [0.15, 0.2) is 0 Å². The smallest absolute Gasteiger partial charge is 0.115 e. The number of phenolic OH excluding ortho intramolecular Hbond substituents is 2. The second-order valence-corrected chi connectivity index (χ2v) is 4.46. The second-order valence-electron chi connectivity index (χ2n) is 4.46. The third-order valence-electron chi connectivity index (χ3n) is 2.92. The average Bonchev–Trinajstić information content (AvgIpc) is 2.46. The Kier molecular flexibility index (Phi) is 4.15. The molecule has 0 heterocycles. The van der Waals surface area contributed by atoms with E-state index >= 15 is 0 Å². The van der Waals surface area contributed by atoms with Crippen LogP contribution in [0.15, 0.2) is 58.7 Å². The maximum Gasteiger partial charge on any atom is 0.115 e. The van der Waals surface area contributed by atoms with Gasteiger partial charge in [0.2, 0.25) is 0 Å². The van der Waals surface area contributed by atoms with Gasteiger partial charge in [0.1, 0.15) is 11.5 Å². The van der Waals surface area contributed by atoms with Gasteiger partial charge in [0.25, 0.3) is 0 Å². The van der Waals surface area contributed by atoms with Crippen molar-refractivity contribution in [3.8, 4) is 11.5 Å². The Hall–Kier alpha value is -2.62. The average molecular weight is 268 g/mol. The van der Waals surface area contributed by atoms with E-state index in [4.69, 9.17) is 0 Å². The number of hydrogen-bond acceptors (Lipinski definition) is 4. The first-order valence-electron chi connectivity index (χ1n) is 6.24. The van der Waals surface area contributed by atoms with E-state index in [0.717, 1.165) is 22.6 Å². The molecular weight excluding hydrogens is 252 g/mol. The quantitative estimate of drug-likeness (QED) is 0.662. The van der Waals surface area contributed by atoms with Crippen molar-refractivity contribution in [3.63, 3.8) is 0 Å². The number of rotatable bonds is 3. The van der Waals surface area contributed by atoms with Crippen molar-refractivity contribution in [2.75, 3.05) is 0 Å². The maximum absolute atomic E-state index is 9.24. The molecule has 2 aromatic rings. The molecule has 2 rings (SSSR count). The standard InChI is InChI=1S/C16H16N2O2/c1-11(13-3-7-15(19)8-4-13)17-18-12(2)14-5-9-16(20)10-6-14/h3-10,19-20H,1-2H3. The summed E-state index contributed by atoms with van der Waals surface area (Å²) in [5, 5.41) is 26.8. The van der Waals surface area contributed by atoms with E-state index in [1.54, 1.807) is 48.5 Å². The lowest BCUT2D eigenvalue weighted by atomic mass is 10.1. The van der Waals surface area contributed by atoms with Crippen molar-refractivity contribution in [1.29, 1.82) is 0 Å². The van der Waals surface area contributed by atoms with Gasteiger partial charge in [-0.15, -0.1) is 0 Å². The Bertz CT molecular complexity index is 582. The van der Waals surface area contributed by atoms with E-state index in [2.05, 4.69) is 10.2 Å². The molecule has 4 heteroatoms. The molecule has 4 nitrogen and oxygen atoms in total. The number of hydrogen-bond donors (Lipinski definition) is 2. The highest BCUT2D eigenvalue weighted by molar-refractivity contribution is 6.01. The molecule has 0 fully saturated rings. The zero-order valence-electron chi connectivity index (χ0n) is 11.4. The topological polar surface area (TPSA) is 65.2 Å². The van der Waals surface area contributed by atoms with E-state index in [1.807, 2.05) is 13.8 Å². The summed E-state index contributed by atoms with van der Waals surface area (Å²) in [4.78, 5) is 0. The highest BCUT2D eigenvalue weighted by Gasteiger charge is 1.99. The van der Waals surface area contributed by atoms with Gasteiger partial charge in [-0.2, -0.15) is 10.2 Å². The van der Waals surface area contributed by atoms with Crippen molar-refractivity contribution in [1.82, 2.24) is 0 Å². The SMILES string of the molecule is CC(=NN=C(C)c1ccc(O)cc1)c1ccc(O)cc1. The molecule has 0 unspecified atom stereocenters. The molecule has 2 aromatic carbocycles. The molecule has 20 heavy (non-hydrogen) atoms. The predicted molar refractivity (Wildman–Crippen MR) is 80.6 cm³/mol. The Morgan fingerprint density at radius 3 is 1.25 bits per heavy atom. The van der Waals surface area contributed by atoms with E-state index in [1.165, 1.54) is 0 Å². The minimum Gasteiger partial charge on any atom is -0.508 e. The lowest BCUT2D eigenvalue weighted by Crippen LogP contribution is -1.96. The summed E-state index contributed by atoms with van der Waals surface area (Å²) in [6.45, 7) is 3.72. The monoisotopic (exact) mass is 268 g/mol. The highest BCUT2D eigenvalue weighted by Crippen LogP contribution is 2.12. The minimum absolute atomic E-state index is 0.227. The van der Waals surface area contributed by atoms with Crippen LogP contribution in [0.2, 0.25) is 0 Å². The van der Waals surface area contributed by atoms with Crippen LogP contribution in [0.1, 0.15) is 25.0 Å². The van der Waals surface area contributed by atoms with Gasteiger partial charge >= 0.3 is 0 Å². The molecule has 0 aromatic heterocycles. The van der Waals surface area contributed by atoms with Crippen LogP contribution >= 0.6 is 0 Å². The molecule has 0 aliphatic heterocycles. The normalized spacial score (nSPS) is 12.5. The van der Waals surface area contributed by atoms with Gasteiger partial charge in [0.05, 0.1) is 11.4 Å². The molecule has 0 saturated heterocycles. The minimum atomic E-state index is 0.227. The van der Waals surface area contributed by atoms with Crippen molar-refractivity contribution in [2.24, 2.45) is 10.2 Å². The molecule has 0 aliphatic carbocycles. The lowest BCUT2D eigenvalue weighted by molar-refractivity contribution is 0.474. The van der Waals surface area contributed by atoms with Crippen LogP contribution in [0.5, 0.6) is 11.5 Å². The van der Waals surface area contributed by atoms with Crippen molar-refractivity contribution in [3.05, 3.63) is 59.7 Å². The first-order chi connectivity index (χ1) is 9.56. The zero-order valence-corrected chi connectivity index (χ0v) is 11.4. The fraction of sp³-hybridized carbons (Fsp3) is 0.125. The van der Waals surface area contributed by atoms with E-state index < -0.39 is 0 Å². The van der Waals surface area contributed by atoms with Crippen molar-refractivity contribution < 1.29 is 10.2 Å². The Morgan fingerprint density at radius 1 is 0.650 bits per heavy atom. The lowest BCUT2D eigenvalue weighted by Gasteiger charge is -2.01. The number of aromatic hydroxyl groups is 2. The van der Waals surface area contributed by atoms with Gasteiger partial charge in [-0.1, -0.05) is 0 Å². The van der Waals surface area contributed by atoms with Gasteiger partial charge in [0, 0.05) is 0 Å². The summed E-state index contributed by atoms with van der Waals surface area (Å²) in [6, 6.07) is 13.6. The summed E-state index contributed by atoms with van der Waals surface area (Å²) in [5.74, 6) is 0.454.